The standard InChI is InChI=1S/2C9H10O3.C2H4/c2*1-11-8-4-3-7(6-10)9(5-8)12-2;1-2/h2*3-6H,1-2H3;1-2H2. The first-order valence-corrected chi connectivity index (χ1v) is 7.47. The molecule has 0 saturated heterocycles. The van der Waals surface area contributed by atoms with Gasteiger partial charge in [0.15, 0.2) is 12.6 Å². The average Bonchev–Trinajstić information content (AvgIpc) is 2.74. The van der Waals surface area contributed by atoms with Crippen molar-refractivity contribution in [3.05, 3.63) is 60.7 Å². The Morgan fingerprint density at radius 1 is 0.654 bits per heavy atom. The maximum absolute atomic E-state index is 10.5. The van der Waals surface area contributed by atoms with Crippen molar-refractivity contribution < 1.29 is 28.5 Å². The quantitative estimate of drug-likeness (QED) is 0.576. The summed E-state index contributed by atoms with van der Waals surface area (Å²) in [6.45, 7) is 6.00. The summed E-state index contributed by atoms with van der Waals surface area (Å²) < 4.78 is 19.9. The zero-order valence-corrected chi connectivity index (χ0v) is 15.5. The number of carbonyl (C=O) groups excluding carboxylic acids is 2. The van der Waals surface area contributed by atoms with E-state index in [1.165, 1.54) is 14.2 Å². The van der Waals surface area contributed by atoms with E-state index in [-0.39, 0.29) is 0 Å². The Balaban J connectivity index is 0.000000439. The van der Waals surface area contributed by atoms with Crippen LogP contribution in [0.25, 0.3) is 0 Å². The van der Waals surface area contributed by atoms with E-state index in [2.05, 4.69) is 13.2 Å². The number of aldehydes is 2. The van der Waals surface area contributed by atoms with Crippen molar-refractivity contribution in [2.45, 2.75) is 0 Å². The normalized spacial score (nSPS) is 8.62. The van der Waals surface area contributed by atoms with Crippen LogP contribution >= 0.6 is 0 Å². The van der Waals surface area contributed by atoms with Gasteiger partial charge in [0.25, 0.3) is 0 Å². The summed E-state index contributed by atoms with van der Waals surface area (Å²) in [7, 11) is 6.16. The van der Waals surface area contributed by atoms with Crippen LogP contribution in [0.2, 0.25) is 0 Å². The maximum atomic E-state index is 10.5. The van der Waals surface area contributed by atoms with Gasteiger partial charge in [-0.05, 0) is 24.3 Å². The number of benzene rings is 2. The summed E-state index contributed by atoms with van der Waals surface area (Å²) >= 11 is 0. The van der Waals surface area contributed by atoms with Gasteiger partial charge in [-0.1, -0.05) is 0 Å². The predicted molar refractivity (Wildman–Crippen MR) is 101 cm³/mol. The fraction of sp³-hybridized carbons (Fsp3) is 0.200. The zero-order chi connectivity index (χ0) is 19.9. The van der Waals surface area contributed by atoms with Crippen molar-refractivity contribution in [1.29, 1.82) is 0 Å². The SMILES string of the molecule is C=C.COc1ccc(C=O)c(OC)c1.COc1ccc(C=O)c(OC)c1. The van der Waals surface area contributed by atoms with Crippen LogP contribution in [0.5, 0.6) is 23.0 Å². The minimum Gasteiger partial charge on any atom is -0.497 e. The van der Waals surface area contributed by atoms with Gasteiger partial charge in [-0.25, -0.2) is 0 Å². The summed E-state index contributed by atoms with van der Waals surface area (Å²) in [5, 5.41) is 0. The number of carbonyl (C=O) groups is 2. The molecule has 0 N–H and O–H groups in total. The number of hydrogen-bond acceptors (Lipinski definition) is 6. The van der Waals surface area contributed by atoms with Crippen molar-refractivity contribution in [2.24, 2.45) is 0 Å². The molecule has 6 nitrogen and oxygen atoms in total. The molecule has 0 saturated carbocycles. The van der Waals surface area contributed by atoms with E-state index in [9.17, 15) is 9.59 Å². The van der Waals surface area contributed by atoms with Crippen LogP contribution in [0, 0.1) is 0 Å². The highest BCUT2D eigenvalue weighted by Gasteiger charge is 2.03. The summed E-state index contributed by atoms with van der Waals surface area (Å²) in [6, 6.07) is 10.1. The van der Waals surface area contributed by atoms with Crippen molar-refractivity contribution in [2.75, 3.05) is 28.4 Å². The molecule has 140 valence electrons. The molecular weight excluding hydrogens is 336 g/mol. The fourth-order valence-corrected chi connectivity index (χ4v) is 1.83. The van der Waals surface area contributed by atoms with Gasteiger partial charge in [-0.3, -0.25) is 9.59 Å². The topological polar surface area (TPSA) is 71.1 Å². The van der Waals surface area contributed by atoms with Gasteiger partial charge in [0.1, 0.15) is 23.0 Å². The Labute approximate surface area is 154 Å². The first-order valence-electron chi connectivity index (χ1n) is 7.47. The van der Waals surface area contributed by atoms with E-state index in [4.69, 9.17) is 18.9 Å². The maximum Gasteiger partial charge on any atom is 0.153 e. The van der Waals surface area contributed by atoms with Gasteiger partial charge in [0.05, 0.1) is 39.6 Å². The lowest BCUT2D eigenvalue weighted by Crippen LogP contribution is -1.91. The lowest BCUT2D eigenvalue weighted by Gasteiger charge is -2.05. The van der Waals surface area contributed by atoms with Gasteiger partial charge < -0.3 is 18.9 Å². The summed E-state index contributed by atoms with van der Waals surface area (Å²) in [6.07, 6.45) is 1.50. The van der Waals surface area contributed by atoms with Crippen molar-refractivity contribution >= 4 is 12.6 Å². The highest BCUT2D eigenvalue weighted by molar-refractivity contribution is 5.80. The molecule has 6 heteroatoms. The molecule has 0 radical (unpaired) electrons. The van der Waals surface area contributed by atoms with Gasteiger partial charge in [-0.15, -0.1) is 13.2 Å². The molecule has 0 aliphatic carbocycles. The van der Waals surface area contributed by atoms with E-state index in [1.54, 1.807) is 50.6 Å². The highest BCUT2D eigenvalue weighted by atomic mass is 16.5. The van der Waals surface area contributed by atoms with Crippen LogP contribution in [-0.4, -0.2) is 41.0 Å². The molecule has 2 rings (SSSR count). The molecule has 0 aliphatic heterocycles. The number of hydrogen-bond donors (Lipinski definition) is 0. The molecule has 0 fully saturated rings. The van der Waals surface area contributed by atoms with Crippen molar-refractivity contribution in [1.82, 2.24) is 0 Å². The van der Waals surface area contributed by atoms with Crippen LogP contribution in [0.1, 0.15) is 20.7 Å². The van der Waals surface area contributed by atoms with Gasteiger partial charge in [-0.2, -0.15) is 0 Å². The first kappa shape index (κ1) is 22.7. The fourth-order valence-electron chi connectivity index (χ4n) is 1.83. The molecule has 0 heterocycles. The van der Waals surface area contributed by atoms with Crippen LogP contribution in [-0.2, 0) is 0 Å². The van der Waals surface area contributed by atoms with Crippen molar-refractivity contribution in [3.63, 3.8) is 0 Å². The molecule has 0 aliphatic rings. The van der Waals surface area contributed by atoms with Gasteiger partial charge in [0.2, 0.25) is 0 Å². The molecule has 0 unspecified atom stereocenters. The van der Waals surface area contributed by atoms with E-state index < -0.39 is 0 Å². The summed E-state index contributed by atoms with van der Waals surface area (Å²) in [5.41, 5.74) is 1.05. The van der Waals surface area contributed by atoms with E-state index in [1.807, 2.05) is 0 Å². The van der Waals surface area contributed by atoms with Crippen LogP contribution < -0.4 is 18.9 Å². The molecule has 0 aromatic heterocycles. The largest absolute Gasteiger partial charge is 0.497 e. The minimum atomic E-state index is 0.526. The second kappa shape index (κ2) is 13.1. The molecule has 2 aromatic carbocycles. The van der Waals surface area contributed by atoms with Crippen LogP contribution in [0.15, 0.2) is 49.6 Å². The zero-order valence-electron chi connectivity index (χ0n) is 15.5. The Hall–Kier alpha value is -3.28. The molecule has 0 amide bonds. The van der Waals surface area contributed by atoms with E-state index in [0.29, 0.717) is 34.1 Å². The molecule has 26 heavy (non-hydrogen) atoms. The Morgan fingerprint density at radius 3 is 1.23 bits per heavy atom. The first-order chi connectivity index (χ1) is 12.6. The lowest BCUT2D eigenvalue weighted by molar-refractivity contribution is 0.111. The van der Waals surface area contributed by atoms with Crippen molar-refractivity contribution in [3.8, 4) is 23.0 Å². The minimum absolute atomic E-state index is 0.526. The lowest BCUT2D eigenvalue weighted by atomic mass is 10.2. The molecule has 0 atom stereocenters. The van der Waals surface area contributed by atoms with Crippen LogP contribution in [0.4, 0.5) is 0 Å². The Bertz CT molecular complexity index is 637. The average molecular weight is 360 g/mol. The monoisotopic (exact) mass is 360 g/mol. The summed E-state index contributed by atoms with van der Waals surface area (Å²) in [4.78, 5) is 20.9. The number of methoxy groups -OCH3 is 4. The second-order valence-corrected chi connectivity index (χ2v) is 4.45. The third kappa shape index (κ3) is 6.68. The molecule has 0 spiro atoms. The summed E-state index contributed by atoms with van der Waals surface area (Å²) in [5.74, 6) is 2.42. The van der Waals surface area contributed by atoms with Gasteiger partial charge >= 0.3 is 0 Å². The van der Waals surface area contributed by atoms with Crippen LogP contribution in [0.3, 0.4) is 0 Å². The second-order valence-electron chi connectivity index (χ2n) is 4.45. The third-order valence-electron chi connectivity index (χ3n) is 3.14. The molecular formula is C20H24O6. The molecule has 2 aromatic rings. The van der Waals surface area contributed by atoms with E-state index in [0.717, 1.165) is 12.6 Å². The molecule has 0 bridgehead atoms. The Morgan fingerprint density at radius 2 is 1.00 bits per heavy atom. The number of ether oxygens (including phenoxy) is 4. The number of rotatable bonds is 6. The Kier molecular flexibility index (Phi) is 11.4. The van der Waals surface area contributed by atoms with Gasteiger partial charge in [0, 0.05) is 12.1 Å². The predicted octanol–water partition coefficient (Wildman–Crippen LogP) is 3.83. The highest BCUT2D eigenvalue weighted by Crippen LogP contribution is 2.23. The third-order valence-corrected chi connectivity index (χ3v) is 3.14. The van der Waals surface area contributed by atoms with E-state index >= 15 is 0 Å². The smallest absolute Gasteiger partial charge is 0.153 e.